The Hall–Kier alpha value is -0.480. The van der Waals surface area contributed by atoms with E-state index in [1.54, 1.807) is 0 Å². The van der Waals surface area contributed by atoms with Gasteiger partial charge < -0.3 is 5.32 Å². The molecule has 3 nitrogen and oxygen atoms in total. The first-order valence-electron chi connectivity index (χ1n) is 5.52. The van der Waals surface area contributed by atoms with Crippen molar-refractivity contribution in [3.05, 3.63) is 16.3 Å². The highest BCUT2D eigenvalue weighted by Crippen LogP contribution is 2.24. The molecule has 1 atom stereocenters. The van der Waals surface area contributed by atoms with E-state index in [-0.39, 0.29) is 0 Å². The zero-order valence-corrected chi connectivity index (χ0v) is 11.2. The number of anilines is 1. The SMILES string of the molecule is Cc1c(Cl)nnc(NC2CCCSC2)c1C. The molecule has 1 N–H and O–H groups in total. The fourth-order valence-corrected chi connectivity index (χ4v) is 3.01. The second-order valence-corrected chi connectivity index (χ2v) is 5.66. The summed E-state index contributed by atoms with van der Waals surface area (Å²) in [6.07, 6.45) is 2.50. The normalized spacial score (nSPS) is 20.8. The van der Waals surface area contributed by atoms with Crippen molar-refractivity contribution in [2.24, 2.45) is 0 Å². The maximum absolute atomic E-state index is 5.92. The van der Waals surface area contributed by atoms with Gasteiger partial charge in [0.05, 0.1) is 0 Å². The summed E-state index contributed by atoms with van der Waals surface area (Å²) in [7, 11) is 0. The van der Waals surface area contributed by atoms with Crippen LogP contribution in [0.5, 0.6) is 0 Å². The highest BCUT2D eigenvalue weighted by Gasteiger charge is 2.16. The molecule has 2 heterocycles. The molecule has 1 fully saturated rings. The van der Waals surface area contributed by atoms with Crippen LogP contribution in [0.15, 0.2) is 0 Å². The van der Waals surface area contributed by atoms with Gasteiger partial charge in [0.2, 0.25) is 0 Å². The summed E-state index contributed by atoms with van der Waals surface area (Å²) in [6, 6.07) is 0.521. The molecule has 0 radical (unpaired) electrons. The smallest absolute Gasteiger partial charge is 0.155 e. The van der Waals surface area contributed by atoms with Gasteiger partial charge in [0.15, 0.2) is 11.0 Å². The molecule has 0 aromatic carbocycles. The molecule has 1 saturated heterocycles. The minimum absolute atomic E-state index is 0.501. The van der Waals surface area contributed by atoms with Crippen molar-refractivity contribution in [3.8, 4) is 0 Å². The third kappa shape index (κ3) is 2.61. The Morgan fingerprint density at radius 1 is 1.31 bits per heavy atom. The van der Waals surface area contributed by atoms with Crippen LogP contribution in [0, 0.1) is 13.8 Å². The molecule has 0 bridgehead atoms. The number of nitrogens with one attached hydrogen (secondary N) is 1. The number of halogens is 1. The summed E-state index contributed by atoms with van der Waals surface area (Å²) < 4.78 is 0. The van der Waals surface area contributed by atoms with Gasteiger partial charge in [-0.2, -0.15) is 11.8 Å². The molecule has 1 unspecified atom stereocenters. The number of thioether (sulfide) groups is 1. The van der Waals surface area contributed by atoms with Crippen LogP contribution < -0.4 is 5.32 Å². The van der Waals surface area contributed by atoms with Crippen LogP contribution in [-0.2, 0) is 0 Å². The number of hydrogen-bond acceptors (Lipinski definition) is 4. The van der Waals surface area contributed by atoms with E-state index < -0.39 is 0 Å². The number of rotatable bonds is 2. The van der Waals surface area contributed by atoms with E-state index in [1.807, 2.05) is 25.6 Å². The quantitative estimate of drug-likeness (QED) is 0.884. The Kier molecular flexibility index (Phi) is 3.92. The van der Waals surface area contributed by atoms with Gasteiger partial charge in [-0.15, -0.1) is 10.2 Å². The van der Waals surface area contributed by atoms with Crippen LogP contribution >= 0.6 is 23.4 Å². The first-order chi connectivity index (χ1) is 7.68. The van der Waals surface area contributed by atoms with Gasteiger partial charge in [-0.1, -0.05) is 11.6 Å². The van der Waals surface area contributed by atoms with Crippen molar-refractivity contribution in [3.63, 3.8) is 0 Å². The largest absolute Gasteiger partial charge is 0.365 e. The lowest BCUT2D eigenvalue weighted by atomic mass is 10.1. The molecule has 1 aliphatic rings. The average molecular weight is 258 g/mol. The maximum Gasteiger partial charge on any atom is 0.155 e. The molecule has 1 aliphatic heterocycles. The van der Waals surface area contributed by atoms with Gasteiger partial charge in [0, 0.05) is 11.8 Å². The fraction of sp³-hybridized carbons (Fsp3) is 0.636. The predicted octanol–water partition coefficient (Wildman–Crippen LogP) is 3.05. The van der Waals surface area contributed by atoms with E-state index in [0.29, 0.717) is 11.2 Å². The second kappa shape index (κ2) is 5.23. The standard InChI is InChI=1S/C11H16ClN3S/c1-7-8(2)11(15-14-10(7)12)13-9-4-3-5-16-6-9/h9H,3-6H2,1-2H3,(H,13,15). The van der Waals surface area contributed by atoms with E-state index in [4.69, 9.17) is 11.6 Å². The van der Waals surface area contributed by atoms with E-state index in [0.717, 1.165) is 22.7 Å². The zero-order valence-electron chi connectivity index (χ0n) is 9.59. The molecule has 16 heavy (non-hydrogen) atoms. The van der Waals surface area contributed by atoms with Crippen LogP contribution in [-0.4, -0.2) is 27.7 Å². The number of aromatic nitrogens is 2. The summed E-state index contributed by atoms with van der Waals surface area (Å²) in [4.78, 5) is 0. The van der Waals surface area contributed by atoms with Crippen LogP contribution in [0.1, 0.15) is 24.0 Å². The Labute approximate surface area is 105 Å². The molecule has 1 aromatic heterocycles. The first-order valence-corrected chi connectivity index (χ1v) is 7.05. The van der Waals surface area contributed by atoms with E-state index in [9.17, 15) is 0 Å². The summed E-state index contributed by atoms with van der Waals surface area (Å²) in [5.41, 5.74) is 2.12. The summed E-state index contributed by atoms with van der Waals surface area (Å²) >= 11 is 7.92. The lowest BCUT2D eigenvalue weighted by molar-refractivity contribution is 0.679. The Bertz CT molecular complexity index is 378. The highest BCUT2D eigenvalue weighted by molar-refractivity contribution is 7.99. The number of nitrogens with zero attached hydrogens (tertiary/aromatic N) is 2. The molecule has 88 valence electrons. The van der Waals surface area contributed by atoms with Gasteiger partial charge >= 0.3 is 0 Å². The van der Waals surface area contributed by atoms with Crippen molar-refractivity contribution < 1.29 is 0 Å². The monoisotopic (exact) mass is 257 g/mol. The Morgan fingerprint density at radius 3 is 2.81 bits per heavy atom. The van der Waals surface area contributed by atoms with Crippen LogP contribution in [0.25, 0.3) is 0 Å². The summed E-state index contributed by atoms with van der Waals surface area (Å²) in [6.45, 7) is 4.02. The summed E-state index contributed by atoms with van der Waals surface area (Å²) in [5, 5.41) is 12.0. The molecule has 0 aliphatic carbocycles. The molecular weight excluding hydrogens is 242 g/mol. The molecular formula is C11H16ClN3S. The Balaban J connectivity index is 2.11. The van der Waals surface area contributed by atoms with Crippen LogP contribution in [0.3, 0.4) is 0 Å². The van der Waals surface area contributed by atoms with Crippen molar-refractivity contribution in [2.75, 3.05) is 16.8 Å². The minimum atomic E-state index is 0.501. The second-order valence-electron chi connectivity index (χ2n) is 4.15. The van der Waals surface area contributed by atoms with Crippen molar-refractivity contribution in [2.45, 2.75) is 32.7 Å². The molecule has 5 heteroatoms. The van der Waals surface area contributed by atoms with Gasteiger partial charge in [0.1, 0.15) is 0 Å². The van der Waals surface area contributed by atoms with Crippen LogP contribution in [0.4, 0.5) is 5.82 Å². The van der Waals surface area contributed by atoms with Crippen molar-refractivity contribution in [1.29, 1.82) is 0 Å². The first kappa shape index (κ1) is 12.0. The highest BCUT2D eigenvalue weighted by atomic mass is 35.5. The zero-order chi connectivity index (χ0) is 11.5. The van der Waals surface area contributed by atoms with Gasteiger partial charge in [-0.3, -0.25) is 0 Å². The average Bonchev–Trinajstić information content (AvgIpc) is 2.31. The molecule has 0 saturated carbocycles. The molecule has 0 spiro atoms. The van der Waals surface area contributed by atoms with E-state index >= 15 is 0 Å². The predicted molar refractivity (Wildman–Crippen MR) is 70.5 cm³/mol. The molecule has 2 rings (SSSR count). The van der Waals surface area contributed by atoms with Crippen molar-refractivity contribution >= 4 is 29.2 Å². The lowest BCUT2D eigenvalue weighted by Gasteiger charge is -2.23. The third-order valence-corrected chi connectivity index (χ3v) is 4.54. The topological polar surface area (TPSA) is 37.8 Å². The van der Waals surface area contributed by atoms with E-state index in [2.05, 4.69) is 15.5 Å². The van der Waals surface area contributed by atoms with Gasteiger partial charge in [0.25, 0.3) is 0 Å². The summed E-state index contributed by atoms with van der Waals surface area (Å²) in [5.74, 6) is 3.32. The fourth-order valence-electron chi connectivity index (χ4n) is 1.76. The van der Waals surface area contributed by atoms with Crippen LogP contribution in [0.2, 0.25) is 5.15 Å². The molecule has 1 aromatic rings. The maximum atomic E-state index is 5.92. The number of hydrogen-bond donors (Lipinski definition) is 1. The van der Waals surface area contributed by atoms with E-state index in [1.165, 1.54) is 18.6 Å². The molecule has 0 amide bonds. The van der Waals surface area contributed by atoms with Gasteiger partial charge in [-0.25, -0.2) is 0 Å². The van der Waals surface area contributed by atoms with Gasteiger partial charge in [-0.05, 0) is 43.6 Å². The minimum Gasteiger partial charge on any atom is -0.365 e. The van der Waals surface area contributed by atoms with Crippen molar-refractivity contribution in [1.82, 2.24) is 10.2 Å². The lowest BCUT2D eigenvalue weighted by Crippen LogP contribution is -2.27. The third-order valence-electron chi connectivity index (χ3n) is 2.97. The Morgan fingerprint density at radius 2 is 2.12 bits per heavy atom.